The molecule has 0 amide bonds. The fourth-order valence-corrected chi connectivity index (χ4v) is 1.04. The lowest BCUT2D eigenvalue weighted by molar-refractivity contribution is 1.29. The topological polar surface area (TPSA) is 28.7 Å². The van der Waals surface area contributed by atoms with E-state index in [2.05, 4.69) is 36.5 Å². The monoisotopic (exact) mass is 162 g/mol. The van der Waals surface area contributed by atoms with E-state index in [1.54, 1.807) is 6.33 Å². The first-order valence-electron chi connectivity index (χ1n) is 3.95. The van der Waals surface area contributed by atoms with Gasteiger partial charge < -0.3 is 4.98 Å². The average Bonchev–Trinajstić information content (AvgIpc) is 2.33. The molecule has 2 heteroatoms. The molecule has 0 fully saturated rings. The van der Waals surface area contributed by atoms with Crippen LogP contribution in [-0.4, -0.2) is 9.97 Å². The van der Waals surface area contributed by atoms with Crippen molar-refractivity contribution in [3.05, 3.63) is 29.9 Å². The van der Waals surface area contributed by atoms with Crippen molar-refractivity contribution < 1.29 is 0 Å². The first-order valence-corrected chi connectivity index (χ1v) is 3.95. The van der Waals surface area contributed by atoms with Crippen LogP contribution in [0.3, 0.4) is 0 Å². The smallest absolute Gasteiger partial charge is 0.0931 e. The zero-order chi connectivity index (χ0) is 9.14. The molecule has 1 rings (SSSR count). The van der Waals surface area contributed by atoms with Gasteiger partial charge in [-0.2, -0.15) is 0 Å². The molecule has 0 radical (unpaired) electrons. The van der Waals surface area contributed by atoms with Crippen molar-refractivity contribution in [1.82, 2.24) is 9.97 Å². The Bertz CT molecular complexity index is 314. The van der Waals surface area contributed by atoms with Gasteiger partial charge in [-0.1, -0.05) is 12.2 Å². The molecule has 0 aliphatic heterocycles. The largest absolute Gasteiger partial charge is 0.345 e. The minimum absolute atomic E-state index is 0.955. The number of nitrogens with one attached hydrogen (secondary N) is 1. The molecule has 0 spiro atoms. The summed E-state index contributed by atoms with van der Waals surface area (Å²) < 4.78 is 0. The second-order valence-electron chi connectivity index (χ2n) is 3.17. The molecule has 0 aromatic carbocycles. The normalized spacial score (nSPS) is 9.58. The first kappa shape index (κ1) is 8.78. The van der Waals surface area contributed by atoms with Crippen molar-refractivity contribution in [1.29, 1.82) is 0 Å². The summed E-state index contributed by atoms with van der Waals surface area (Å²) in [6.07, 6.45) is 3.76. The number of H-pyrrole nitrogens is 1. The van der Waals surface area contributed by atoms with Crippen molar-refractivity contribution in [2.24, 2.45) is 0 Å². The van der Waals surface area contributed by atoms with Gasteiger partial charge in [0.1, 0.15) is 0 Å². The number of allylic oxidation sites excluding steroid dienone is 2. The first-order chi connectivity index (χ1) is 5.61. The highest BCUT2D eigenvalue weighted by Crippen LogP contribution is 2.15. The van der Waals surface area contributed by atoms with Crippen LogP contribution >= 0.6 is 0 Å². The molecule has 1 heterocycles. The van der Waals surface area contributed by atoms with E-state index in [1.165, 1.54) is 5.57 Å². The molecule has 0 unspecified atom stereocenters. The Morgan fingerprint density at radius 2 is 2.17 bits per heavy atom. The molecule has 2 nitrogen and oxygen atoms in total. The highest BCUT2D eigenvalue weighted by molar-refractivity contribution is 5.67. The maximum absolute atomic E-state index is 4.17. The second kappa shape index (κ2) is 3.39. The van der Waals surface area contributed by atoms with Crippen molar-refractivity contribution in [3.63, 3.8) is 0 Å². The van der Waals surface area contributed by atoms with Crippen molar-refractivity contribution in [2.75, 3.05) is 0 Å². The summed E-state index contributed by atoms with van der Waals surface area (Å²) in [5, 5.41) is 0. The Labute approximate surface area is 73.0 Å². The molecule has 0 saturated carbocycles. The molecular weight excluding hydrogens is 148 g/mol. The van der Waals surface area contributed by atoms with Crippen LogP contribution < -0.4 is 0 Å². The van der Waals surface area contributed by atoms with Crippen LogP contribution in [0.2, 0.25) is 0 Å². The maximum atomic E-state index is 4.17. The van der Waals surface area contributed by atoms with E-state index in [1.807, 2.05) is 6.92 Å². The Kier molecular flexibility index (Phi) is 2.48. The number of rotatable bonds is 2. The summed E-state index contributed by atoms with van der Waals surface area (Å²) >= 11 is 0. The Hall–Kier alpha value is -1.31. The third-order valence-corrected chi connectivity index (χ3v) is 1.51. The van der Waals surface area contributed by atoms with Crippen LogP contribution in [0.1, 0.15) is 32.2 Å². The summed E-state index contributed by atoms with van der Waals surface area (Å²) in [5.74, 6) is 0. The van der Waals surface area contributed by atoms with Gasteiger partial charge in [0.25, 0.3) is 0 Å². The average molecular weight is 162 g/mol. The number of hydrogen-bond acceptors (Lipinski definition) is 1. The van der Waals surface area contributed by atoms with Gasteiger partial charge >= 0.3 is 0 Å². The quantitative estimate of drug-likeness (QED) is 0.711. The lowest BCUT2D eigenvalue weighted by atomic mass is 10.1. The summed E-state index contributed by atoms with van der Waals surface area (Å²) in [5.41, 5.74) is 4.24. The molecule has 64 valence electrons. The van der Waals surface area contributed by atoms with E-state index < -0.39 is 0 Å². The van der Waals surface area contributed by atoms with Gasteiger partial charge in [0.05, 0.1) is 17.7 Å². The zero-order valence-electron chi connectivity index (χ0n) is 7.81. The molecule has 1 aromatic heterocycles. The standard InChI is InChI=1S/C10H14N2/c1-7(2)5-9-10(8(3)4)12-6-11-9/h5-6H,3H2,1-2,4H3,(H,11,12). The Morgan fingerprint density at radius 1 is 1.50 bits per heavy atom. The molecular formula is C10H14N2. The molecule has 1 aromatic rings. The Balaban J connectivity index is 3.08. The number of aromatic amines is 1. The molecule has 0 aliphatic carbocycles. The summed E-state index contributed by atoms with van der Waals surface area (Å²) in [7, 11) is 0. The predicted octanol–water partition coefficient (Wildman–Crippen LogP) is 2.87. The van der Waals surface area contributed by atoms with E-state index >= 15 is 0 Å². The van der Waals surface area contributed by atoms with Crippen molar-refractivity contribution in [2.45, 2.75) is 20.8 Å². The molecule has 0 atom stereocenters. The summed E-state index contributed by atoms with van der Waals surface area (Å²) in [6, 6.07) is 0. The predicted molar refractivity (Wildman–Crippen MR) is 52.6 cm³/mol. The minimum Gasteiger partial charge on any atom is -0.345 e. The highest BCUT2D eigenvalue weighted by atomic mass is 14.9. The van der Waals surface area contributed by atoms with Gasteiger partial charge in [0.2, 0.25) is 0 Å². The van der Waals surface area contributed by atoms with E-state index in [4.69, 9.17) is 0 Å². The van der Waals surface area contributed by atoms with Crippen LogP contribution in [-0.2, 0) is 0 Å². The number of imidazole rings is 1. The molecule has 12 heavy (non-hydrogen) atoms. The van der Waals surface area contributed by atoms with Crippen LogP contribution in [0.5, 0.6) is 0 Å². The van der Waals surface area contributed by atoms with Gasteiger partial charge in [-0.05, 0) is 32.4 Å². The third kappa shape index (κ3) is 1.84. The van der Waals surface area contributed by atoms with Crippen LogP contribution in [0.25, 0.3) is 11.6 Å². The van der Waals surface area contributed by atoms with Gasteiger partial charge in [0, 0.05) is 0 Å². The van der Waals surface area contributed by atoms with E-state index in [-0.39, 0.29) is 0 Å². The van der Waals surface area contributed by atoms with Crippen molar-refractivity contribution in [3.8, 4) is 0 Å². The lowest BCUT2D eigenvalue weighted by Crippen LogP contribution is -1.82. The molecule has 1 N–H and O–H groups in total. The zero-order valence-corrected chi connectivity index (χ0v) is 7.81. The highest BCUT2D eigenvalue weighted by Gasteiger charge is 2.02. The third-order valence-electron chi connectivity index (χ3n) is 1.51. The second-order valence-corrected chi connectivity index (χ2v) is 3.17. The molecule has 0 bridgehead atoms. The van der Waals surface area contributed by atoms with E-state index in [0.29, 0.717) is 0 Å². The van der Waals surface area contributed by atoms with Gasteiger partial charge in [-0.25, -0.2) is 4.98 Å². The lowest BCUT2D eigenvalue weighted by Gasteiger charge is -1.96. The maximum Gasteiger partial charge on any atom is 0.0931 e. The summed E-state index contributed by atoms with van der Waals surface area (Å²) in [4.78, 5) is 7.24. The molecule has 0 saturated heterocycles. The van der Waals surface area contributed by atoms with Crippen LogP contribution in [0.15, 0.2) is 18.5 Å². The minimum atomic E-state index is 0.955. The van der Waals surface area contributed by atoms with Crippen LogP contribution in [0.4, 0.5) is 0 Å². The van der Waals surface area contributed by atoms with Gasteiger partial charge in [0.15, 0.2) is 0 Å². The van der Waals surface area contributed by atoms with Gasteiger partial charge in [-0.15, -0.1) is 0 Å². The van der Waals surface area contributed by atoms with E-state index in [9.17, 15) is 0 Å². The SMILES string of the molecule is C=C(C)c1nc[nH]c1C=C(C)C. The van der Waals surface area contributed by atoms with Crippen LogP contribution in [0, 0.1) is 0 Å². The van der Waals surface area contributed by atoms with Gasteiger partial charge in [-0.3, -0.25) is 0 Å². The number of aromatic nitrogens is 2. The molecule has 0 aliphatic rings. The number of hydrogen-bond donors (Lipinski definition) is 1. The Morgan fingerprint density at radius 3 is 2.67 bits per heavy atom. The van der Waals surface area contributed by atoms with Crippen molar-refractivity contribution >= 4 is 11.6 Å². The fourth-order valence-electron chi connectivity index (χ4n) is 1.04. The summed E-state index contributed by atoms with van der Waals surface area (Å²) in [6.45, 7) is 9.93. The fraction of sp³-hybridized carbons (Fsp3) is 0.300. The van der Waals surface area contributed by atoms with E-state index in [0.717, 1.165) is 17.0 Å². The number of nitrogens with zero attached hydrogens (tertiary/aromatic N) is 1.